The molecule has 0 N–H and O–H groups in total. The molecule has 13 heteroatoms. The van der Waals surface area contributed by atoms with E-state index in [4.69, 9.17) is 0 Å². The summed E-state index contributed by atoms with van der Waals surface area (Å²) < 4.78 is 0. The Morgan fingerprint density at radius 2 is 0.181 bits per heavy atom. The molecular formula is C114H186MoO12-6. The van der Waals surface area contributed by atoms with E-state index in [-0.39, 0.29) is 56.6 Å². The maximum atomic E-state index is 11.9. The van der Waals surface area contributed by atoms with Gasteiger partial charge < -0.3 is 59.4 Å². The average Bonchev–Trinajstić information content (AvgIpc) is 0.822. The van der Waals surface area contributed by atoms with Gasteiger partial charge in [0.05, 0.1) is 0 Å². The molecule has 18 fully saturated rings. The smallest absolute Gasteiger partial charge is 0.0451 e. The second-order valence-electron chi connectivity index (χ2n) is 47.4. The summed E-state index contributed by atoms with van der Waals surface area (Å²) in [5, 5.41) is 71.7. The summed E-state index contributed by atoms with van der Waals surface area (Å²) in [5.74, 6) is 8.08. The second kappa shape index (κ2) is 55.0. The molecule has 0 aliphatic heterocycles. The van der Waals surface area contributed by atoms with Gasteiger partial charge in [-0.05, 0) is 219 Å². The quantitative estimate of drug-likeness (QED) is 0.116. The molecule has 18 aliphatic carbocycles. The number of aliphatic carboxylic acids is 6. The number of carbonyl (C=O) groups excluding carboxylic acids is 6. The molecule has 127 heavy (non-hydrogen) atoms. The Morgan fingerprint density at radius 1 is 0.110 bits per heavy atom. The fourth-order valence-corrected chi connectivity index (χ4v) is 34.8. The van der Waals surface area contributed by atoms with Gasteiger partial charge in [0, 0.05) is 92.4 Å². The third-order valence-electron chi connectivity index (χ3n) is 40.7. The van der Waals surface area contributed by atoms with Crippen molar-refractivity contribution in [3.63, 3.8) is 0 Å². The molecule has 0 aromatic carbocycles. The maximum Gasteiger partial charge on any atom is 0.0451 e. The van der Waals surface area contributed by atoms with Gasteiger partial charge in [0.25, 0.3) is 0 Å². The van der Waals surface area contributed by atoms with E-state index < -0.39 is 35.8 Å². The molecule has 18 aliphatic rings. The Balaban J connectivity index is 0.000000138. The topological polar surface area (TPSA) is 241 Å². The largest absolute Gasteiger partial charge is 0.550 e. The number of hydrogen-bond acceptors (Lipinski definition) is 12. The summed E-state index contributed by atoms with van der Waals surface area (Å²) >= 11 is 0. The minimum atomic E-state index is -0.721. The second-order valence-corrected chi connectivity index (χ2v) is 47.4. The number of carboxylic acids is 6. The van der Waals surface area contributed by atoms with Crippen LogP contribution in [0.2, 0.25) is 0 Å². The first-order chi connectivity index (χ1) is 61.6. The van der Waals surface area contributed by atoms with Gasteiger partial charge in [0.2, 0.25) is 0 Å². The molecular weight excluding hydrogens is 1660 g/mol. The van der Waals surface area contributed by atoms with Gasteiger partial charge in [0.1, 0.15) is 0 Å². The van der Waals surface area contributed by atoms with Crippen LogP contribution in [0, 0.1) is 178 Å². The van der Waals surface area contributed by atoms with Crippen molar-refractivity contribution in [1.29, 1.82) is 0 Å². The van der Waals surface area contributed by atoms with Gasteiger partial charge in [-0.25, -0.2) is 0 Å². The van der Waals surface area contributed by atoms with Gasteiger partial charge in [-0.2, -0.15) is 0 Å². The van der Waals surface area contributed by atoms with Crippen molar-refractivity contribution in [3.8, 4) is 0 Å². The first kappa shape index (κ1) is 103. The van der Waals surface area contributed by atoms with Gasteiger partial charge in [0.15, 0.2) is 0 Å². The average molecular weight is 1840 g/mol. The Morgan fingerprint density at radius 3 is 0.244 bits per heavy atom. The van der Waals surface area contributed by atoms with E-state index in [1.165, 1.54) is 424 Å². The molecule has 0 bridgehead atoms. The van der Waals surface area contributed by atoms with Crippen molar-refractivity contribution >= 4 is 35.8 Å². The van der Waals surface area contributed by atoms with Crippen molar-refractivity contribution < 1.29 is 80.5 Å². The number of carboxylic acid groups (broad SMARTS) is 6. The Hall–Kier alpha value is -2.49. The van der Waals surface area contributed by atoms with Crippen LogP contribution >= 0.6 is 0 Å². The van der Waals surface area contributed by atoms with Crippen molar-refractivity contribution in [2.24, 2.45) is 178 Å². The molecule has 0 aromatic heterocycles. The maximum absolute atomic E-state index is 11.9. The van der Waals surface area contributed by atoms with Crippen LogP contribution in [0.3, 0.4) is 0 Å². The van der Waals surface area contributed by atoms with Crippen molar-refractivity contribution in [2.75, 3.05) is 0 Å². The van der Waals surface area contributed by atoms with Gasteiger partial charge in [-0.15, -0.1) is 0 Å². The molecule has 18 saturated carbocycles. The zero-order chi connectivity index (χ0) is 87.9. The third-order valence-corrected chi connectivity index (χ3v) is 40.7. The van der Waals surface area contributed by atoms with Crippen LogP contribution in [0.15, 0.2) is 0 Å². The molecule has 0 amide bonds. The van der Waals surface area contributed by atoms with E-state index in [2.05, 4.69) is 0 Å². The van der Waals surface area contributed by atoms with Crippen LogP contribution in [0.25, 0.3) is 0 Å². The first-order valence-corrected chi connectivity index (χ1v) is 56.9. The Kier molecular flexibility index (Phi) is 44.8. The van der Waals surface area contributed by atoms with E-state index in [1.807, 2.05) is 0 Å². The molecule has 12 atom stereocenters. The predicted octanol–water partition coefficient (Wildman–Crippen LogP) is 23.6. The van der Waals surface area contributed by atoms with E-state index in [9.17, 15) is 59.4 Å². The van der Waals surface area contributed by atoms with Crippen molar-refractivity contribution in [3.05, 3.63) is 0 Å². The van der Waals surface area contributed by atoms with Crippen LogP contribution in [-0.4, -0.2) is 35.8 Å². The normalized spacial score (nSPS) is 36.2. The molecule has 12 nitrogen and oxygen atoms in total. The third kappa shape index (κ3) is 29.3. The van der Waals surface area contributed by atoms with Crippen LogP contribution in [0.1, 0.15) is 501 Å². The number of rotatable bonds is 18. The van der Waals surface area contributed by atoms with Crippen LogP contribution < -0.4 is 30.6 Å². The predicted molar refractivity (Wildman–Crippen MR) is 495 cm³/mol. The SMILES string of the molecule is O=C([O-])C1C(C2CCCCC2)CCCC1C1CCCCC1.O=C([O-])C1C(C2CCCCC2)CCCC1C1CCCCC1.O=C([O-])C1C(C2CCCCC2)CCCC1C1CCCCC1.O=C([O-])C1C(C2CCCCC2)CCCC1C1CCCCC1.O=C([O-])C1C(C2CCCCC2)CCCC1C1CCCCC1.O=C([O-])C1C(C2CCCCC2)CCCC1C1CCCCC1.[Mo]. The van der Waals surface area contributed by atoms with Gasteiger partial charge >= 0.3 is 0 Å². The molecule has 726 valence electrons. The standard InChI is InChI=1S/6C19H32O2.Mo/c6*20-19(21)18-16(14-8-3-1-4-9-14)12-7-13-17(18)15-10-5-2-6-11-15;/h6*14-18H,1-13H2,(H,20,21);/p-6. The van der Waals surface area contributed by atoms with E-state index in [0.29, 0.717) is 142 Å². The fourth-order valence-electron chi connectivity index (χ4n) is 34.8. The summed E-state index contributed by atoms with van der Waals surface area (Å²) in [6, 6.07) is 0. The molecule has 18 rings (SSSR count). The zero-order valence-corrected chi connectivity index (χ0v) is 82.8. The summed E-state index contributed by atoms with van der Waals surface area (Å²) in [6.07, 6.45) is 99.5. The van der Waals surface area contributed by atoms with Gasteiger partial charge in [-0.1, -0.05) is 424 Å². The minimum absolute atomic E-state index is 0. The molecule has 0 saturated heterocycles. The molecule has 0 spiro atoms. The van der Waals surface area contributed by atoms with E-state index >= 15 is 0 Å². The first-order valence-electron chi connectivity index (χ1n) is 56.9. The molecule has 0 radical (unpaired) electrons. The summed E-state index contributed by atoms with van der Waals surface area (Å²) in [5.41, 5.74) is 0. The van der Waals surface area contributed by atoms with Gasteiger partial charge in [-0.3, -0.25) is 0 Å². The fraction of sp³-hybridized carbons (Fsp3) is 0.947. The van der Waals surface area contributed by atoms with Crippen LogP contribution in [0.4, 0.5) is 0 Å². The Labute approximate surface area is 789 Å². The van der Waals surface area contributed by atoms with E-state index in [1.54, 1.807) is 0 Å². The number of carbonyl (C=O) groups is 6. The number of hydrogen-bond donors (Lipinski definition) is 0. The monoisotopic (exact) mass is 1850 g/mol. The van der Waals surface area contributed by atoms with Crippen LogP contribution in [0.5, 0.6) is 0 Å². The molecule has 12 unspecified atom stereocenters. The van der Waals surface area contributed by atoms with Crippen molar-refractivity contribution in [1.82, 2.24) is 0 Å². The Bertz CT molecular complexity index is 2420. The zero-order valence-electron chi connectivity index (χ0n) is 80.8. The molecule has 0 aromatic rings. The summed E-state index contributed by atoms with van der Waals surface area (Å²) in [7, 11) is 0. The summed E-state index contributed by atoms with van der Waals surface area (Å²) in [6.45, 7) is 0. The minimum Gasteiger partial charge on any atom is -0.550 e. The summed E-state index contributed by atoms with van der Waals surface area (Å²) in [4.78, 5) is 71.7. The van der Waals surface area contributed by atoms with E-state index in [0.717, 1.165) is 77.0 Å². The van der Waals surface area contributed by atoms with Crippen molar-refractivity contribution in [2.45, 2.75) is 501 Å². The molecule has 0 heterocycles. The van der Waals surface area contributed by atoms with Crippen LogP contribution in [-0.2, 0) is 49.8 Å².